The van der Waals surface area contributed by atoms with Gasteiger partial charge in [0.1, 0.15) is 5.82 Å². The summed E-state index contributed by atoms with van der Waals surface area (Å²) >= 11 is 5.96. The molecule has 0 N–H and O–H groups in total. The molecule has 2 aliphatic rings. The fraction of sp³-hybridized carbons (Fsp3) is 0.529. The number of likely N-dealkylation sites (tertiary alicyclic amines) is 1. The Balaban J connectivity index is 1.48. The van der Waals surface area contributed by atoms with E-state index in [1.807, 2.05) is 30.1 Å². The number of fused-ring (bicyclic) bond motifs is 1. The van der Waals surface area contributed by atoms with E-state index in [0.717, 1.165) is 31.4 Å². The lowest BCUT2D eigenvalue weighted by Crippen LogP contribution is -2.48. The maximum absolute atomic E-state index is 5.96. The van der Waals surface area contributed by atoms with E-state index < -0.39 is 0 Å². The Morgan fingerprint density at radius 3 is 2.83 bits per heavy atom. The number of pyridine rings is 1. The second-order valence-electron chi connectivity index (χ2n) is 6.60. The molecule has 4 rings (SSSR count). The lowest BCUT2D eigenvalue weighted by Gasteiger charge is -2.39. The van der Waals surface area contributed by atoms with E-state index >= 15 is 0 Å². The van der Waals surface area contributed by atoms with Gasteiger partial charge in [0, 0.05) is 45.1 Å². The molecule has 2 aliphatic heterocycles. The van der Waals surface area contributed by atoms with Crippen LogP contribution in [0.4, 0.5) is 5.82 Å². The zero-order valence-electron chi connectivity index (χ0n) is 13.4. The molecule has 122 valence electrons. The van der Waals surface area contributed by atoms with Crippen LogP contribution in [0.5, 0.6) is 0 Å². The molecule has 0 bridgehead atoms. The van der Waals surface area contributed by atoms with Crippen molar-refractivity contribution >= 4 is 17.4 Å². The second-order valence-corrected chi connectivity index (χ2v) is 7.04. The molecule has 0 spiro atoms. The Hall–Kier alpha value is -1.59. The first kappa shape index (κ1) is 15.0. The molecule has 2 saturated heterocycles. The van der Waals surface area contributed by atoms with Crippen molar-refractivity contribution in [2.24, 2.45) is 13.0 Å². The number of piperidine rings is 1. The monoisotopic (exact) mass is 331 g/mol. The molecule has 0 aliphatic carbocycles. The highest BCUT2D eigenvalue weighted by Crippen LogP contribution is 2.34. The van der Waals surface area contributed by atoms with Crippen molar-refractivity contribution in [1.82, 2.24) is 19.7 Å². The van der Waals surface area contributed by atoms with Gasteiger partial charge in [0.15, 0.2) is 0 Å². The lowest BCUT2D eigenvalue weighted by molar-refractivity contribution is 0.196. The van der Waals surface area contributed by atoms with Crippen molar-refractivity contribution in [3.05, 3.63) is 41.3 Å². The quantitative estimate of drug-likeness (QED) is 0.866. The highest BCUT2D eigenvalue weighted by molar-refractivity contribution is 6.30. The van der Waals surface area contributed by atoms with Crippen LogP contribution in [0.3, 0.4) is 0 Å². The van der Waals surface area contributed by atoms with Crippen LogP contribution < -0.4 is 4.90 Å². The average Bonchev–Trinajstić information content (AvgIpc) is 3.15. The van der Waals surface area contributed by atoms with Crippen LogP contribution in [0, 0.1) is 5.92 Å². The summed E-state index contributed by atoms with van der Waals surface area (Å²) in [4.78, 5) is 9.51. The van der Waals surface area contributed by atoms with Crippen LogP contribution in [0.1, 0.15) is 18.5 Å². The predicted molar refractivity (Wildman–Crippen MR) is 91.6 cm³/mol. The molecule has 2 aromatic heterocycles. The van der Waals surface area contributed by atoms with Crippen LogP contribution >= 0.6 is 11.6 Å². The highest BCUT2D eigenvalue weighted by Gasteiger charge is 2.38. The fourth-order valence-electron chi connectivity index (χ4n) is 3.95. The standard InChI is InChI=1S/C17H22ClN5/c1-21-15(4-7-20-21)11-22-8-5-13-6-9-23(12-16(13)22)17-3-2-14(18)10-19-17/h2-4,7,10,13,16H,5-6,8-9,11-12H2,1H3. The molecule has 0 amide bonds. The second kappa shape index (κ2) is 6.13. The molecule has 6 heteroatoms. The Kier molecular flexibility index (Phi) is 3.99. The number of nitrogens with zero attached hydrogens (tertiary/aromatic N) is 5. The zero-order valence-corrected chi connectivity index (χ0v) is 14.2. The molecular weight excluding hydrogens is 310 g/mol. The van der Waals surface area contributed by atoms with Gasteiger partial charge in [-0.25, -0.2) is 4.98 Å². The number of aryl methyl sites for hydroxylation is 1. The van der Waals surface area contributed by atoms with Crippen molar-refractivity contribution in [2.75, 3.05) is 24.5 Å². The Morgan fingerprint density at radius 2 is 2.09 bits per heavy atom. The van der Waals surface area contributed by atoms with Crippen LogP contribution in [0.15, 0.2) is 30.6 Å². The number of anilines is 1. The fourth-order valence-corrected chi connectivity index (χ4v) is 4.06. The Labute approximate surface area is 141 Å². The smallest absolute Gasteiger partial charge is 0.128 e. The van der Waals surface area contributed by atoms with E-state index in [9.17, 15) is 0 Å². The van der Waals surface area contributed by atoms with Crippen LogP contribution in [0.2, 0.25) is 5.02 Å². The topological polar surface area (TPSA) is 37.2 Å². The summed E-state index contributed by atoms with van der Waals surface area (Å²) in [6, 6.07) is 6.69. The molecule has 2 fully saturated rings. The molecule has 5 nitrogen and oxygen atoms in total. The van der Waals surface area contributed by atoms with Crippen LogP contribution in [0.25, 0.3) is 0 Å². The molecule has 2 aromatic rings. The van der Waals surface area contributed by atoms with Gasteiger partial charge in [0.2, 0.25) is 0 Å². The Morgan fingerprint density at radius 1 is 1.22 bits per heavy atom. The first-order chi connectivity index (χ1) is 11.2. The van der Waals surface area contributed by atoms with Gasteiger partial charge in [0.05, 0.1) is 10.7 Å². The Bertz CT molecular complexity index is 668. The van der Waals surface area contributed by atoms with Gasteiger partial charge in [0.25, 0.3) is 0 Å². The van der Waals surface area contributed by atoms with Crippen molar-refractivity contribution in [3.8, 4) is 0 Å². The van der Waals surface area contributed by atoms with Gasteiger partial charge < -0.3 is 4.90 Å². The molecule has 4 heterocycles. The molecule has 23 heavy (non-hydrogen) atoms. The van der Waals surface area contributed by atoms with Crippen LogP contribution in [-0.4, -0.2) is 45.3 Å². The third kappa shape index (κ3) is 2.95. The zero-order chi connectivity index (χ0) is 15.8. The highest BCUT2D eigenvalue weighted by atomic mass is 35.5. The normalized spacial score (nSPS) is 24.9. The third-order valence-electron chi connectivity index (χ3n) is 5.30. The molecular formula is C17H22ClN5. The van der Waals surface area contributed by atoms with Crippen molar-refractivity contribution in [2.45, 2.75) is 25.4 Å². The van der Waals surface area contributed by atoms with E-state index in [4.69, 9.17) is 11.6 Å². The molecule has 2 atom stereocenters. The molecule has 2 unspecified atom stereocenters. The summed E-state index contributed by atoms with van der Waals surface area (Å²) in [5.74, 6) is 1.85. The first-order valence-corrected chi connectivity index (χ1v) is 8.66. The van der Waals surface area contributed by atoms with E-state index in [1.54, 1.807) is 6.20 Å². The van der Waals surface area contributed by atoms with Crippen molar-refractivity contribution in [3.63, 3.8) is 0 Å². The van der Waals surface area contributed by atoms with Gasteiger partial charge in [-0.3, -0.25) is 9.58 Å². The third-order valence-corrected chi connectivity index (χ3v) is 5.52. The minimum absolute atomic E-state index is 0.608. The van der Waals surface area contributed by atoms with Gasteiger partial charge in [-0.05, 0) is 43.5 Å². The SMILES string of the molecule is Cn1nccc1CN1CCC2CCN(c3ccc(Cl)cn3)CC21. The van der Waals surface area contributed by atoms with Crippen molar-refractivity contribution < 1.29 is 0 Å². The van der Waals surface area contributed by atoms with Gasteiger partial charge >= 0.3 is 0 Å². The number of rotatable bonds is 3. The van der Waals surface area contributed by atoms with Crippen LogP contribution in [-0.2, 0) is 13.6 Å². The maximum Gasteiger partial charge on any atom is 0.128 e. The van der Waals surface area contributed by atoms with E-state index in [1.165, 1.54) is 25.1 Å². The van der Waals surface area contributed by atoms with Gasteiger partial charge in [-0.2, -0.15) is 5.10 Å². The molecule has 0 saturated carbocycles. The van der Waals surface area contributed by atoms with Gasteiger partial charge in [-0.15, -0.1) is 0 Å². The number of aromatic nitrogens is 3. The summed E-state index contributed by atoms with van der Waals surface area (Å²) < 4.78 is 1.98. The summed E-state index contributed by atoms with van der Waals surface area (Å²) in [6.45, 7) is 4.31. The summed E-state index contributed by atoms with van der Waals surface area (Å²) in [5.41, 5.74) is 1.28. The number of halogens is 1. The molecule has 0 aromatic carbocycles. The molecule has 0 radical (unpaired) electrons. The summed E-state index contributed by atoms with van der Waals surface area (Å²) in [6.07, 6.45) is 6.18. The predicted octanol–water partition coefficient (Wildman–Crippen LogP) is 2.57. The minimum Gasteiger partial charge on any atom is -0.355 e. The largest absolute Gasteiger partial charge is 0.355 e. The van der Waals surface area contributed by atoms with E-state index in [2.05, 4.69) is 25.9 Å². The maximum atomic E-state index is 5.96. The van der Waals surface area contributed by atoms with Gasteiger partial charge in [-0.1, -0.05) is 11.6 Å². The average molecular weight is 332 g/mol. The van der Waals surface area contributed by atoms with E-state index in [-0.39, 0.29) is 0 Å². The first-order valence-electron chi connectivity index (χ1n) is 8.28. The van der Waals surface area contributed by atoms with E-state index in [0.29, 0.717) is 11.1 Å². The number of hydrogen-bond acceptors (Lipinski definition) is 4. The minimum atomic E-state index is 0.608. The number of hydrogen-bond donors (Lipinski definition) is 0. The summed E-state index contributed by atoms with van der Waals surface area (Å²) in [7, 11) is 2.02. The lowest BCUT2D eigenvalue weighted by atomic mass is 9.92. The summed E-state index contributed by atoms with van der Waals surface area (Å²) in [5, 5.41) is 4.99. The van der Waals surface area contributed by atoms with Crippen molar-refractivity contribution in [1.29, 1.82) is 0 Å².